The van der Waals surface area contributed by atoms with Crippen molar-refractivity contribution in [2.24, 2.45) is 7.05 Å². The predicted molar refractivity (Wildman–Crippen MR) is 63.9 cm³/mol. The highest BCUT2D eigenvalue weighted by Gasteiger charge is 2.06. The first-order valence-electron chi connectivity index (χ1n) is 5.07. The minimum Gasteiger partial charge on any atom is -0.395 e. The molecule has 0 amide bonds. The van der Waals surface area contributed by atoms with Crippen molar-refractivity contribution < 1.29 is 0 Å². The number of nitrogens with zero attached hydrogens (tertiary/aromatic N) is 4. The zero-order valence-electron chi connectivity index (χ0n) is 9.38. The lowest BCUT2D eigenvalue weighted by molar-refractivity contribution is 0.720. The highest BCUT2D eigenvalue weighted by molar-refractivity contribution is 5.68. The minimum absolute atomic E-state index is 0.372. The molecule has 3 N–H and O–H groups in total. The first kappa shape index (κ1) is 11.0. The van der Waals surface area contributed by atoms with Gasteiger partial charge in [-0.05, 0) is 12.1 Å². The van der Waals surface area contributed by atoms with Crippen molar-refractivity contribution in [3.05, 3.63) is 35.8 Å². The molecule has 6 nitrogen and oxygen atoms in total. The number of pyridine rings is 1. The monoisotopic (exact) mass is 228 g/mol. The van der Waals surface area contributed by atoms with E-state index in [9.17, 15) is 0 Å². The maximum atomic E-state index is 8.84. The lowest BCUT2D eigenvalue weighted by Crippen LogP contribution is -2.08. The molecule has 0 unspecified atom stereocenters. The first-order valence-corrected chi connectivity index (χ1v) is 5.07. The highest BCUT2D eigenvalue weighted by Crippen LogP contribution is 2.19. The average Bonchev–Trinajstić information content (AvgIpc) is 2.74. The molecule has 0 fully saturated rings. The molecule has 0 radical (unpaired) electrons. The van der Waals surface area contributed by atoms with Gasteiger partial charge in [-0.2, -0.15) is 10.4 Å². The van der Waals surface area contributed by atoms with E-state index in [1.807, 2.05) is 19.2 Å². The van der Waals surface area contributed by atoms with Crippen LogP contribution in [0.15, 0.2) is 24.5 Å². The van der Waals surface area contributed by atoms with Crippen LogP contribution in [0.5, 0.6) is 0 Å². The molecule has 86 valence electrons. The van der Waals surface area contributed by atoms with Crippen LogP contribution in [0.1, 0.15) is 11.3 Å². The summed E-state index contributed by atoms with van der Waals surface area (Å²) in [5, 5.41) is 16.0. The Balaban J connectivity index is 2.15. The SMILES string of the molecule is Cn1nccc1CNc1nccc(C#N)c1N. The number of anilines is 2. The van der Waals surface area contributed by atoms with Gasteiger partial charge in [0, 0.05) is 19.4 Å². The van der Waals surface area contributed by atoms with Crippen molar-refractivity contribution >= 4 is 11.5 Å². The van der Waals surface area contributed by atoms with Crippen molar-refractivity contribution in [1.29, 1.82) is 5.26 Å². The lowest BCUT2D eigenvalue weighted by atomic mass is 10.2. The van der Waals surface area contributed by atoms with Crippen LogP contribution in [-0.2, 0) is 13.6 Å². The van der Waals surface area contributed by atoms with E-state index >= 15 is 0 Å². The van der Waals surface area contributed by atoms with Gasteiger partial charge in [0.1, 0.15) is 6.07 Å². The number of nitrogens with one attached hydrogen (secondary N) is 1. The predicted octanol–water partition coefficient (Wildman–Crippen LogP) is 0.881. The maximum absolute atomic E-state index is 8.84. The third-order valence-corrected chi connectivity index (χ3v) is 2.47. The van der Waals surface area contributed by atoms with E-state index in [4.69, 9.17) is 11.0 Å². The number of hydrogen-bond acceptors (Lipinski definition) is 5. The molecular formula is C11H12N6. The van der Waals surface area contributed by atoms with Crippen molar-refractivity contribution in [3.63, 3.8) is 0 Å². The van der Waals surface area contributed by atoms with Gasteiger partial charge in [0.25, 0.3) is 0 Å². The molecule has 0 aliphatic carbocycles. The Morgan fingerprint density at radius 1 is 1.47 bits per heavy atom. The third kappa shape index (κ3) is 2.18. The molecule has 0 aliphatic heterocycles. The molecule has 0 bridgehead atoms. The number of aryl methyl sites for hydroxylation is 1. The van der Waals surface area contributed by atoms with Crippen molar-refractivity contribution in [3.8, 4) is 6.07 Å². The van der Waals surface area contributed by atoms with Crippen LogP contribution < -0.4 is 11.1 Å². The molecular weight excluding hydrogens is 216 g/mol. The number of nitriles is 1. The number of aromatic nitrogens is 3. The Labute approximate surface area is 98.7 Å². The van der Waals surface area contributed by atoms with Crippen LogP contribution >= 0.6 is 0 Å². The van der Waals surface area contributed by atoms with Gasteiger partial charge in [-0.25, -0.2) is 4.98 Å². The zero-order chi connectivity index (χ0) is 12.3. The lowest BCUT2D eigenvalue weighted by Gasteiger charge is -2.08. The van der Waals surface area contributed by atoms with Gasteiger partial charge >= 0.3 is 0 Å². The van der Waals surface area contributed by atoms with E-state index in [0.29, 0.717) is 23.6 Å². The van der Waals surface area contributed by atoms with Crippen molar-refractivity contribution in [2.75, 3.05) is 11.1 Å². The second kappa shape index (κ2) is 4.53. The topological polar surface area (TPSA) is 92.5 Å². The molecule has 2 aromatic heterocycles. The fourth-order valence-corrected chi connectivity index (χ4v) is 1.46. The molecule has 2 rings (SSSR count). The van der Waals surface area contributed by atoms with Crippen LogP contribution in [0.3, 0.4) is 0 Å². The summed E-state index contributed by atoms with van der Waals surface area (Å²) in [7, 11) is 1.86. The van der Waals surface area contributed by atoms with Crippen LogP contribution in [0.25, 0.3) is 0 Å². The second-order valence-corrected chi connectivity index (χ2v) is 3.53. The Kier molecular flexibility index (Phi) is 2.92. The van der Waals surface area contributed by atoms with Crippen molar-refractivity contribution in [2.45, 2.75) is 6.54 Å². The molecule has 0 saturated heterocycles. The van der Waals surface area contributed by atoms with E-state index in [2.05, 4.69) is 15.4 Å². The molecule has 0 atom stereocenters. The summed E-state index contributed by atoms with van der Waals surface area (Å²) in [4.78, 5) is 4.10. The fraction of sp³-hybridized carbons (Fsp3) is 0.182. The smallest absolute Gasteiger partial charge is 0.150 e. The number of hydrogen-bond donors (Lipinski definition) is 2. The molecule has 0 aromatic carbocycles. The van der Waals surface area contributed by atoms with Gasteiger partial charge < -0.3 is 11.1 Å². The second-order valence-electron chi connectivity index (χ2n) is 3.53. The van der Waals surface area contributed by atoms with E-state index in [-0.39, 0.29) is 0 Å². The van der Waals surface area contributed by atoms with Crippen LogP contribution in [-0.4, -0.2) is 14.8 Å². The van der Waals surface area contributed by atoms with E-state index < -0.39 is 0 Å². The van der Waals surface area contributed by atoms with Crippen molar-refractivity contribution in [1.82, 2.24) is 14.8 Å². The van der Waals surface area contributed by atoms with Gasteiger partial charge in [0.05, 0.1) is 23.5 Å². The average molecular weight is 228 g/mol. The molecule has 17 heavy (non-hydrogen) atoms. The van der Waals surface area contributed by atoms with Gasteiger partial charge in [0.2, 0.25) is 0 Å². The summed E-state index contributed by atoms with van der Waals surface area (Å²) in [6.45, 7) is 0.558. The standard InChI is InChI=1S/C11H12N6/c1-17-9(3-5-16-17)7-15-11-10(13)8(6-12)2-4-14-11/h2-5H,7,13H2,1H3,(H,14,15). The minimum atomic E-state index is 0.372. The van der Waals surface area contributed by atoms with Crippen LogP contribution in [0.4, 0.5) is 11.5 Å². The molecule has 0 aliphatic rings. The number of nitrogens with two attached hydrogens (primary N) is 1. The van der Waals surface area contributed by atoms with Gasteiger partial charge in [-0.3, -0.25) is 4.68 Å². The van der Waals surface area contributed by atoms with Gasteiger partial charge in [-0.1, -0.05) is 0 Å². The van der Waals surface area contributed by atoms with E-state index in [1.54, 1.807) is 23.1 Å². The Morgan fingerprint density at radius 2 is 2.29 bits per heavy atom. The van der Waals surface area contributed by atoms with Gasteiger partial charge in [-0.15, -0.1) is 0 Å². The summed E-state index contributed by atoms with van der Waals surface area (Å²) in [5.41, 5.74) is 7.61. The largest absolute Gasteiger partial charge is 0.395 e. The molecule has 0 saturated carbocycles. The van der Waals surface area contributed by atoms with Crippen LogP contribution in [0.2, 0.25) is 0 Å². The Bertz CT molecular complexity index is 566. The summed E-state index contributed by atoms with van der Waals surface area (Å²) >= 11 is 0. The Hall–Kier alpha value is -2.55. The molecule has 0 spiro atoms. The summed E-state index contributed by atoms with van der Waals surface area (Å²) < 4.78 is 1.76. The zero-order valence-corrected chi connectivity index (χ0v) is 9.38. The maximum Gasteiger partial charge on any atom is 0.150 e. The highest BCUT2D eigenvalue weighted by atomic mass is 15.3. The normalized spacial score (nSPS) is 9.88. The first-order chi connectivity index (χ1) is 8.22. The summed E-state index contributed by atoms with van der Waals surface area (Å²) in [6.07, 6.45) is 3.28. The van der Waals surface area contributed by atoms with Gasteiger partial charge in [0.15, 0.2) is 5.82 Å². The summed E-state index contributed by atoms with van der Waals surface area (Å²) in [5.74, 6) is 0.519. The third-order valence-electron chi connectivity index (χ3n) is 2.47. The van der Waals surface area contributed by atoms with E-state index in [1.165, 1.54) is 0 Å². The van der Waals surface area contributed by atoms with Crippen LogP contribution in [0, 0.1) is 11.3 Å². The number of rotatable bonds is 3. The molecule has 6 heteroatoms. The molecule has 2 heterocycles. The molecule has 2 aromatic rings. The Morgan fingerprint density at radius 3 is 2.94 bits per heavy atom. The quantitative estimate of drug-likeness (QED) is 0.813. The number of nitrogen functional groups attached to an aromatic ring is 1. The van der Waals surface area contributed by atoms with E-state index in [0.717, 1.165) is 5.69 Å². The summed E-state index contributed by atoms with van der Waals surface area (Å²) in [6, 6.07) is 5.51. The fourth-order valence-electron chi connectivity index (χ4n) is 1.46.